The van der Waals surface area contributed by atoms with Crippen LogP contribution in [0.4, 0.5) is 0 Å². The standard InChI is InChI=1S/C16H28N2O3/c1-2-14-9-18(16(19)12-21-11-13-3-4-13)10-15(14)17-5-7-20-8-6-17/h13-15H,2-12H2,1H3/t14-,15-/m0/s1. The van der Waals surface area contributed by atoms with Gasteiger partial charge in [0.15, 0.2) is 0 Å². The minimum Gasteiger partial charge on any atom is -0.379 e. The monoisotopic (exact) mass is 296 g/mol. The van der Waals surface area contributed by atoms with Gasteiger partial charge in [0.05, 0.1) is 19.8 Å². The molecule has 3 aliphatic rings. The van der Waals surface area contributed by atoms with E-state index in [0.717, 1.165) is 58.3 Å². The van der Waals surface area contributed by atoms with Crippen LogP contribution in [-0.2, 0) is 14.3 Å². The Balaban J connectivity index is 1.48. The third kappa shape index (κ3) is 3.96. The van der Waals surface area contributed by atoms with E-state index in [2.05, 4.69) is 11.8 Å². The molecule has 5 heteroatoms. The van der Waals surface area contributed by atoms with Crippen LogP contribution >= 0.6 is 0 Å². The minimum atomic E-state index is 0.171. The van der Waals surface area contributed by atoms with Gasteiger partial charge in [-0.1, -0.05) is 13.3 Å². The van der Waals surface area contributed by atoms with Gasteiger partial charge in [-0.2, -0.15) is 0 Å². The molecule has 1 amide bonds. The maximum absolute atomic E-state index is 12.3. The SMILES string of the molecule is CC[C@H]1CN(C(=O)COCC2CC2)C[C@@H]1N1CCOCC1. The molecule has 0 aromatic heterocycles. The summed E-state index contributed by atoms with van der Waals surface area (Å²) in [7, 11) is 0. The van der Waals surface area contributed by atoms with Crippen molar-refractivity contribution in [3.05, 3.63) is 0 Å². The fraction of sp³-hybridized carbons (Fsp3) is 0.938. The largest absolute Gasteiger partial charge is 0.379 e. The number of hydrogen-bond acceptors (Lipinski definition) is 4. The predicted octanol–water partition coefficient (Wildman–Crippen LogP) is 0.982. The number of amides is 1. The fourth-order valence-electron chi connectivity index (χ4n) is 3.47. The number of carbonyl (C=O) groups is 1. The summed E-state index contributed by atoms with van der Waals surface area (Å²) in [4.78, 5) is 16.8. The quantitative estimate of drug-likeness (QED) is 0.733. The second-order valence-electron chi connectivity index (χ2n) is 6.64. The van der Waals surface area contributed by atoms with Gasteiger partial charge in [-0.3, -0.25) is 9.69 Å². The van der Waals surface area contributed by atoms with Crippen molar-refractivity contribution in [1.82, 2.24) is 9.80 Å². The lowest BCUT2D eigenvalue weighted by molar-refractivity contribution is -0.135. The summed E-state index contributed by atoms with van der Waals surface area (Å²) in [6, 6.07) is 0.506. The molecule has 3 rings (SSSR count). The molecule has 2 aliphatic heterocycles. The van der Waals surface area contributed by atoms with Gasteiger partial charge < -0.3 is 14.4 Å². The highest BCUT2D eigenvalue weighted by molar-refractivity contribution is 5.77. The number of nitrogens with zero attached hydrogens (tertiary/aromatic N) is 2. The first kappa shape index (κ1) is 15.3. The predicted molar refractivity (Wildman–Crippen MR) is 80.1 cm³/mol. The second kappa shape index (κ2) is 7.07. The van der Waals surface area contributed by atoms with Crippen molar-refractivity contribution in [2.45, 2.75) is 32.2 Å². The van der Waals surface area contributed by atoms with Crippen LogP contribution in [0.25, 0.3) is 0 Å². The van der Waals surface area contributed by atoms with Crippen LogP contribution < -0.4 is 0 Å². The smallest absolute Gasteiger partial charge is 0.248 e. The molecule has 1 saturated carbocycles. The Morgan fingerprint density at radius 1 is 1.24 bits per heavy atom. The van der Waals surface area contributed by atoms with Gasteiger partial charge in [0.2, 0.25) is 5.91 Å². The number of carbonyl (C=O) groups excluding carboxylic acids is 1. The highest BCUT2D eigenvalue weighted by Crippen LogP contribution is 2.29. The molecule has 3 fully saturated rings. The summed E-state index contributed by atoms with van der Waals surface area (Å²) in [5.74, 6) is 1.49. The molecule has 0 aromatic rings. The molecule has 5 nitrogen and oxygen atoms in total. The van der Waals surface area contributed by atoms with E-state index in [9.17, 15) is 4.79 Å². The molecule has 2 heterocycles. The third-order valence-corrected chi connectivity index (χ3v) is 5.07. The van der Waals surface area contributed by atoms with Gasteiger partial charge in [-0.25, -0.2) is 0 Å². The summed E-state index contributed by atoms with van der Waals surface area (Å²) in [5.41, 5.74) is 0. The van der Waals surface area contributed by atoms with Crippen molar-refractivity contribution in [3.63, 3.8) is 0 Å². The van der Waals surface area contributed by atoms with Crippen molar-refractivity contribution < 1.29 is 14.3 Å². The molecule has 0 aromatic carbocycles. The van der Waals surface area contributed by atoms with Crippen LogP contribution in [0.3, 0.4) is 0 Å². The van der Waals surface area contributed by atoms with E-state index >= 15 is 0 Å². The molecule has 0 spiro atoms. The van der Waals surface area contributed by atoms with Crippen LogP contribution in [0.5, 0.6) is 0 Å². The third-order valence-electron chi connectivity index (χ3n) is 5.07. The van der Waals surface area contributed by atoms with Crippen molar-refractivity contribution in [2.24, 2.45) is 11.8 Å². The Morgan fingerprint density at radius 3 is 2.67 bits per heavy atom. The van der Waals surface area contributed by atoms with Gasteiger partial charge in [-0.05, 0) is 24.7 Å². The first-order valence-electron chi connectivity index (χ1n) is 8.45. The Morgan fingerprint density at radius 2 is 2.00 bits per heavy atom. The van der Waals surface area contributed by atoms with E-state index in [4.69, 9.17) is 9.47 Å². The molecule has 1 aliphatic carbocycles. The zero-order valence-corrected chi connectivity index (χ0v) is 13.1. The molecular formula is C16H28N2O3. The van der Waals surface area contributed by atoms with Crippen LogP contribution in [0.15, 0.2) is 0 Å². The molecule has 2 saturated heterocycles. The number of likely N-dealkylation sites (tertiary alicyclic amines) is 1. The normalized spacial score (nSPS) is 30.8. The highest BCUT2D eigenvalue weighted by atomic mass is 16.5. The van der Waals surface area contributed by atoms with E-state index in [0.29, 0.717) is 12.0 Å². The zero-order chi connectivity index (χ0) is 14.7. The first-order chi connectivity index (χ1) is 10.3. The van der Waals surface area contributed by atoms with E-state index in [1.54, 1.807) is 0 Å². The van der Waals surface area contributed by atoms with Crippen LogP contribution in [0.2, 0.25) is 0 Å². The Bertz CT molecular complexity index is 353. The van der Waals surface area contributed by atoms with Crippen molar-refractivity contribution >= 4 is 5.91 Å². The summed E-state index contributed by atoms with van der Waals surface area (Å²) in [5, 5.41) is 0. The summed E-state index contributed by atoms with van der Waals surface area (Å²) >= 11 is 0. The average Bonchev–Trinajstić information content (AvgIpc) is 3.24. The summed E-state index contributed by atoms with van der Waals surface area (Å²) in [6.07, 6.45) is 3.68. The second-order valence-corrected chi connectivity index (χ2v) is 6.64. The fourth-order valence-corrected chi connectivity index (χ4v) is 3.47. The van der Waals surface area contributed by atoms with Gasteiger partial charge in [0.25, 0.3) is 0 Å². The lowest BCUT2D eigenvalue weighted by atomic mass is 9.99. The number of rotatable bonds is 6. The number of ether oxygens (including phenoxy) is 2. The van der Waals surface area contributed by atoms with Crippen molar-refractivity contribution in [3.8, 4) is 0 Å². The maximum atomic E-state index is 12.3. The number of morpholine rings is 1. The maximum Gasteiger partial charge on any atom is 0.248 e. The molecule has 2 atom stereocenters. The van der Waals surface area contributed by atoms with Crippen LogP contribution in [-0.4, -0.2) is 74.4 Å². The molecular weight excluding hydrogens is 268 g/mol. The first-order valence-corrected chi connectivity index (χ1v) is 8.45. The molecule has 0 N–H and O–H groups in total. The Labute approximate surface area is 127 Å². The average molecular weight is 296 g/mol. The van der Waals surface area contributed by atoms with Crippen molar-refractivity contribution in [2.75, 3.05) is 52.6 Å². The van der Waals surface area contributed by atoms with Gasteiger partial charge in [-0.15, -0.1) is 0 Å². The van der Waals surface area contributed by atoms with E-state index in [1.165, 1.54) is 12.8 Å². The van der Waals surface area contributed by atoms with Crippen LogP contribution in [0.1, 0.15) is 26.2 Å². The minimum absolute atomic E-state index is 0.171. The van der Waals surface area contributed by atoms with E-state index < -0.39 is 0 Å². The zero-order valence-electron chi connectivity index (χ0n) is 13.1. The molecule has 0 bridgehead atoms. The molecule has 0 unspecified atom stereocenters. The van der Waals surface area contributed by atoms with Crippen molar-refractivity contribution in [1.29, 1.82) is 0 Å². The lowest BCUT2D eigenvalue weighted by Crippen LogP contribution is -2.47. The molecule has 120 valence electrons. The Kier molecular flexibility index (Phi) is 5.14. The van der Waals surface area contributed by atoms with Gasteiger partial charge in [0, 0.05) is 32.2 Å². The summed E-state index contributed by atoms with van der Waals surface area (Å²) in [6.45, 7) is 8.68. The van der Waals surface area contributed by atoms with E-state index in [1.807, 2.05) is 4.90 Å². The lowest BCUT2D eigenvalue weighted by Gasteiger charge is -2.34. The highest BCUT2D eigenvalue weighted by Gasteiger charge is 2.38. The molecule has 21 heavy (non-hydrogen) atoms. The van der Waals surface area contributed by atoms with Crippen LogP contribution in [0, 0.1) is 11.8 Å². The molecule has 0 radical (unpaired) electrons. The van der Waals surface area contributed by atoms with Gasteiger partial charge >= 0.3 is 0 Å². The number of hydrogen-bond donors (Lipinski definition) is 0. The van der Waals surface area contributed by atoms with Gasteiger partial charge in [0.1, 0.15) is 6.61 Å². The Hall–Kier alpha value is -0.650. The summed E-state index contributed by atoms with van der Waals surface area (Å²) < 4.78 is 11.0. The topological polar surface area (TPSA) is 42.0 Å². The van der Waals surface area contributed by atoms with E-state index in [-0.39, 0.29) is 12.5 Å².